The van der Waals surface area contributed by atoms with Gasteiger partial charge in [-0.15, -0.1) is 0 Å². The second kappa shape index (κ2) is 9.17. The smallest absolute Gasteiger partial charge is 0.323 e. The SMILES string of the molecule is COCCN(CC(=O)O)C(=O)NCC(=O)N1CCCCC1. The van der Waals surface area contributed by atoms with Gasteiger partial charge in [0.05, 0.1) is 13.2 Å². The lowest BCUT2D eigenvalue weighted by Gasteiger charge is -2.27. The lowest BCUT2D eigenvalue weighted by atomic mass is 10.1. The molecule has 1 heterocycles. The van der Waals surface area contributed by atoms with Gasteiger partial charge in [-0.1, -0.05) is 0 Å². The monoisotopic (exact) mass is 301 g/mol. The Morgan fingerprint density at radius 3 is 2.48 bits per heavy atom. The summed E-state index contributed by atoms with van der Waals surface area (Å²) in [6, 6.07) is -0.570. The molecule has 0 spiro atoms. The third-order valence-electron chi connectivity index (χ3n) is 3.28. The largest absolute Gasteiger partial charge is 0.480 e. The van der Waals surface area contributed by atoms with Crippen LogP contribution in [0.1, 0.15) is 19.3 Å². The number of piperidine rings is 1. The Morgan fingerprint density at radius 1 is 1.24 bits per heavy atom. The number of carbonyl (C=O) groups excluding carboxylic acids is 2. The molecular formula is C13H23N3O5. The maximum atomic E-state index is 11.9. The van der Waals surface area contributed by atoms with Gasteiger partial charge in [0.2, 0.25) is 5.91 Å². The molecular weight excluding hydrogens is 278 g/mol. The van der Waals surface area contributed by atoms with Crippen LogP contribution in [0.3, 0.4) is 0 Å². The number of amides is 3. The fraction of sp³-hybridized carbons (Fsp3) is 0.769. The number of nitrogens with zero attached hydrogens (tertiary/aromatic N) is 2. The van der Waals surface area contributed by atoms with Crippen molar-refractivity contribution in [1.82, 2.24) is 15.1 Å². The number of carbonyl (C=O) groups is 3. The molecule has 1 aliphatic heterocycles. The quantitative estimate of drug-likeness (QED) is 0.675. The zero-order valence-electron chi connectivity index (χ0n) is 12.3. The van der Waals surface area contributed by atoms with Crippen molar-refractivity contribution in [3.8, 4) is 0 Å². The van der Waals surface area contributed by atoms with E-state index in [2.05, 4.69) is 5.32 Å². The molecule has 1 aliphatic rings. The summed E-state index contributed by atoms with van der Waals surface area (Å²) in [5.41, 5.74) is 0. The number of urea groups is 1. The Labute approximate surface area is 124 Å². The van der Waals surface area contributed by atoms with Crippen LogP contribution in [0.25, 0.3) is 0 Å². The zero-order chi connectivity index (χ0) is 15.7. The highest BCUT2D eigenvalue weighted by Gasteiger charge is 2.20. The number of likely N-dealkylation sites (tertiary alicyclic amines) is 1. The third kappa shape index (κ3) is 6.44. The Morgan fingerprint density at radius 2 is 1.90 bits per heavy atom. The lowest BCUT2D eigenvalue weighted by Crippen LogP contribution is -2.48. The third-order valence-corrected chi connectivity index (χ3v) is 3.28. The molecule has 0 unspecified atom stereocenters. The summed E-state index contributed by atoms with van der Waals surface area (Å²) in [4.78, 5) is 37.4. The summed E-state index contributed by atoms with van der Waals surface area (Å²) in [6.07, 6.45) is 3.09. The van der Waals surface area contributed by atoms with Gasteiger partial charge in [0.15, 0.2) is 0 Å². The molecule has 1 saturated heterocycles. The molecule has 0 aromatic rings. The van der Waals surface area contributed by atoms with E-state index in [4.69, 9.17) is 9.84 Å². The van der Waals surface area contributed by atoms with Gasteiger partial charge in [0.25, 0.3) is 0 Å². The minimum absolute atomic E-state index is 0.109. The fourth-order valence-corrected chi connectivity index (χ4v) is 2.14. The molecule has 0 saturated carbocycles. The molecule has 3 amide bonds. The average molecular weight is 301 g/mol. The highest BCUT2D eigenvalue weighted by atomic mass is 16.5. The maximum Gasteiger partial charge on any atom is 0.323 e. The van der Waals surface area contributed by atoms with E-state index in [1.165, 1.54) is 7.11 Å². The maximum absolute atomic E-state index is 11.9. The van der Waals surface area contributed by atoms with Crippen LogP contribution in [0.4, 0.5) is 4.79 Å². The summed E-state index contributed by atoms with van der Waals surface area (Å²) < 4.78 is 4.84. The van der Waals surface area contributed by atoms with Crippen molar-refractivity contribution in [2.75, 3.05) is 46.4 Å². The molecule has 8 nitrogen and oxygen atoms in total. The lowest BCUT2D eigenvalue weighted by molar-refractivity contribution is -0.137. The van der Waals surface area contributed by atoms with Crippen molar-refractivity contribution in [1.29, 1.82) is 0 Å². The van der Waals surface area contributed by atoms with E-state index in [0.717, 1.165) is 37.3 Å². The van der Waals surface area contributed by atoms with Crippen LogP contribution in [0.5, 0.6) is 0 Å². The van der Waals surface area contributed by atoms with Gasteiger partial charge in [-0.2, -0.15) is 0 Å². The summed E-state index contributed by atoms with van der Waals surface area (Å²) in [7, 11) is 1.47. The summed E-state index contributed by atoms with van der Waals surface area (Å²) in [6.45, 7) is 1.30. The number of ether oxygens (including phenoxy) is 1. The number of methoxy groups -OCH3 is 1. The molecule has 0 radical (unpaired) electrons. The Balaban J connectivity index is 2.40. The van der Waals surface area contributed by atoms with Gasteiger partial charge < -0.3 is 25.0 Å². The highest BCUT2D eigenvalue weighted by Crippen LogP contribution is 2.08. The number of nitrogens with one attached hydrogen (secondary N) is 1. The van der Waals surface area contributed by atoms with Crippen LogP contribution in [-0.2, 0) is 14.3 Å². The summed E-state index contributed by atoms with van der Waals surface area (Å²) in [5.74, 6) is -1.24. The van der Waals surface area contributed by atoms with Crippen molar-refractivity contribution in [3.05, 3.63) is 0 Å². The number of aliphatic carboxylic acids is 1. The van der Waals surface area contributed by atoms with Crippen LogP contribution >= 0.6 is 0 Å². The van der Waals surface area contributed by atoms with E-state index in [0.29, 0.717) is 0 Å². The van der Waals surface area contributed by atoms with E-state index in [9.17, 15) is 14.4 Å². The zero-order valence-corrected chi connectivity index (χ0v) is 12.3. The molecule has 0 aromatic heterocycles. The Kier molecular flexibility index (Phi) is 7.52. The fourth-order valence-electron chi connectivity index (χ4n) is 2.14. The van der Waals surface area contributed by atoms with Crippen LogP contribution in [0.15, 0.2) is 0 Å². The van der Waals surface area contributed by atoms with Crippen LogP contribution in [0.2, 0.25) is 0 Å². The summed E-state index contributed by atoms with van der Waals surface area (Å²) in [5, 5.41) is 11.2. The first-order valence-electron chi connectivity index (χ1n) is 7.06. The van der Waals surface area contributed by atoms with Crippen molar-refractivity contribution < 1.29 is 24.2 Å². The molecule has 0 aliphatic carbocycles. The molecule has 8 heteroatoms. The average Bonchev–Trinajstić information content (AvgIpc) is 2.49. The molecule has 0 atom stereocenters. The van der Waals surface area contributed by atoms with Gasteiger partial charge in [-0.3, -0.25) is 9.59 Å². The van der Waals surface area contributed by atoms with Crippen LogP contribution < -0.4 is 5.32 Å². The molecule has 1 fully saturated rings. The Bertz CT molecular complexity index is 369. The predicted molar refractivity (Wildman–Crippen MR) is 74.9 cm³/mol. The molecule has 120 valence electrons. The van der Waals surface area contributed by atoms with E-state index < -0.39 is 18.5 Å². The number of rotatable bonds is 7. The second-order valence-electron chi connectivity index (χ2n) is 4.91. The van der Waals surface area contributed by atoms with E-state index in [-0.39, 0.29) is 25.6 Å². The number of carboxylic acids is 1. The normalized spacial score (nSPS) is 14.6. The summed E-state index contributed by atoms with van der Waals surface area (Å²) >= 11 is 0. The number of carboxylic acid groups (broad SMARTS) is 1. The van der Waals surface area contributed by atoms with Crippen molar-refractivity contribution >= 4 is 17.9 Å². The molecule has 0 bridgehead atoms. The van der Waals surface area contributed by atoms with Crippen molar-refractivity contribution in [2.45, 2.75) is 19.3 Å². The van der Waals surface area contributed by atoms with Gasteiger partial charge in [-0.25, -0.2) is 4.79 Å². The topological polar surface area (TPSA) is 99.2 Å². The van der Waals surface area contributed by atoms with Crippen LogP contribution in [-0.4, -0.2) is 79.3 Å². The van der Waals surface area contributed by atoms with Gasteiger partial charge in [0.1, 0.15) is 6.54 Å². The van der Waals surface area contributed by atoms with E-state index in [1.807, 2.05) is 0 Å². The first-order chi connectivity index (χ1) is 10.0. The van der Waals surface area contributed by atoms with Gasteiger partial charge in [0, 0.05) is 26.7 Å². The standard InChI is InChI=1S/C13H23N3O5/c1-21-8-7-16(10-12(18)19)13(20)14-9-11(17)15-5-3-2-4-6-15/h2-10H2,1H3,(H,14,20)(H,18,19). The minimum atomic E-state index is -1.11. The second-order valence-corrected chi connectivity index (χ2v) is 4.91. The van der Waals surface area contributed by atoms with Crippen molar-refractivity contribution in [3.63, 3.8) is 0 Å². The number of hydrogen-bond acceptors (Lipinski definition) is 4. The Hall–Kier alpha value is -1.83. The molecule has 1 rings (SSSR count). The molecule has 21 heavy (non-hydrogen) atoms. The van der Waals surface area contributed by atoms with Gasteiger partial charge >= 0.3 is 12.0 Å². The van der Waals surface area contributed by atoms with Gasteiger partial charge in [-0.05, 0) is 19.3 Å². The van der Waals surface area contributed by atoms with E-state index in [1.54, 1.807) is 4.90 Å². The minimum Gasteiger partial charge on any atom is -0.480 e. The van der Waals surface area contributed by atoms with Crippen LogP contribution in [0, 0.1) is 0 Å². The molecule has 0 aromatic carbocycles. The van der Waals surface area contributed by atoms with Crippen molar-refractivity contribution in [2.24, 2.45) is 0 Å². The predicted octanol–water partition coefficient (Wildman–Crippen LogP) is -0.258. The first kappa shape index (κ1) is 17.2. The number of hydrogen-bond donors (Lipinski definition) is 2. The molecule has 2 N–H and O–H groups in total. The van der Waals surface area contributed by atoms with E-state index >= 15 is 0 Å². The first-order valence-corrected chi connectivity index (χ1v) is 7.06. The highest BCUT2D eigenvalue weighted by molar-refractivity contribution is 5.85.